The zero-order chi connectivity index (χ0) is 15.7. The lowest BCUT2D eigenvalue weighted by Gasteiger charge is -2.07. The lowest BCUT2D eigenvalue weighted by atomic mass is 10.1. The fraction of sp³-hybridized carbons (Fsp3) is 0.0625. The minimum absolute atomic E-state index is 0.0145. The quantitative estimate of drug-likeness (QED) is 0.689. The summed E-state index contributed by atoms with van der Waals surface area (Å²) in [5.74, 6) is 0. The topological polar surface area (TPSA) is 56.1 Å². The predicted octanol–water partition coefficient (Wildman–Crippen LogP) is 3.19. The molecule has 4 nitrogen and oxygen atoms in total. The highest BCUT2D eigenvalue weighted by atomic mass is 35.5. The summed E-state index contributed by atoms with van der Waals surface area (Å²) in [6.45, 7) is 0. The third-order valence-corrected chi connectivity index (χ3v) is 5.21. The second kappa shape index (κ2) is 5.59. The van der Waals surface area contributed by atoms with E-state index in [4.69, 9.17) is 11.6 Å². The van der Waals surface area contributed by atoms with Crippen LogP contribution in [0.5, 0.6) is 0 Å². The van der Waals surface area contributed by atoms with Crippen LogP contribution in [0.15, 0.2) is 65.7 Å². The van der Waals surface area contributed by atoms with Crippen molar-refractivity contribution in [3.63, 3.8) is 0 Å². The van der Waals surface area contributed by atoms with E-state index in [1.54, 1.807) is 42.5 Å². The third-order valence-electron chi connectivity index (χ3n) is 3.39. The Morgan fingerprint density at radius 2 is 1.64 bits per heavy atom. The van der Waals surface area contributed by atoms with Gasteiger partial charge in [0.25, 0.3) is 10.0 Å². The second-order valence-electron chi connectivity index (χ2n) is 4.82. The van der Waals surface area contributed by atoms with Crippen molar-refractivity contribution in [3.05, 3.63) is 66.4 Å². The fourth-order valence-electron chi connectivity index (χ4n) is 2.41. The van der Waals surface area contributed by atoms with Gasteiger partial charge in [0.1, 0.15) is 0 Å². The summed E-state index contributed by atoms with van der Waals surface area (Å²) in [6.07, 6.45) is 1.45. The molecule has 112 valence electrons. The number of rotatable bonds is 4. The summed E-state index contributed by atoms with van der Waals surface area (Å²) in [5, 5.41) is 0.177. The SMILES string of the molecule is O=C(Cl)Cc1cn(S(=O)(=O)c2ccccc2)c2ccccc12. The molecule has 0 saturated carbocycles. The van der Waals surface area contributed by atoms with Crippen molar-refractivity contribution in [2.24, 2.45) is 0 Å². The standard InChI is InChI=1S/C16H12ClNO3S/c17-16(19)10-12-11-18(15-9-5-4-8-14(12)15)22(20,21)13-6-2-1-3-7-13/h1-9,11H,10H2. The van der Waals surface area contributed by atoms with Crippen LogP contribution < -0.4 is 0 Å². The van der Waals surface area contributed by atoms with E-state index in [2.05, 4.69) is 0 Å². The molecule has 0 atom stereocenters. The Balaban J connectivity index is 2.26. The fourth-order valence-corrected chi connectivity index (χ4v) is 3.97. The van der Waals surface area contributed by atoms with Crippen molar-refractivity contribution < 1.29 is 13.2 Å². The monoisotopic (exact) mass is 333 g/mol. The molecule has 0 amide bonds. The lowest BCUT2D eigenvalue weighted by molar-refractivity contribution is -0.111. The number of carbonyl (C=O) groups is 1. The van der Waals surface area contributed by atoms with Gasteiger partial charge in [-0.3, -0.25) is 4.79 Å². The molecular formula is C16H12ClNO3S. The second-order valence-corrected chi connectivity index (χ2v) is 7.05. The van der Waals surface area contributed by atoms with Crippen LogP contribution in [-0.2, 0) is 21.2 Å². The molecule has 0 aliphatic rings. The number of hydrogen-bond acceptors (Lipinski definition) is 3. The van der Waals surface area contributed by atoms with Crippen molar-refractivity contribution in [3.8, 4) is 0 Å². The number of benzene rings is 2. The Hall–Kier alpha value is -2.11. The first-order chi connectivity index (χ1) is 10.5. The predicted molar refractivity (Wildman–Crippen MR) is 85.5 cm³/mol. The summed E-state index contributed by atoms with van der Waals surface area (Å²) in [5.41, 5.74) is 1.12. The summed E-state index contributed by atoms with van der Waals surface area (Å²) >= 11 is 5.46. The molecule has 0 spiro atoms. The van der Waals surface area contributed by atoms with Gasteiger partial charge < -0.3 is 0 Å². The normalized spacial score (nSPS) is 11.7. The van der Waals surface area contributed by atoms with Crippen LogP contribution in [0, 0.1) is 0 Å². The van der Waals surface area contributed by atoms with Gasteiger partial charge in [-0.15, -0.1) is 0 Å². The molecule has 0 aliphatic heterocycles. The number of carbonyl (C=O) groups excluding carboxylic acids is 1. The van der Waals surface area contributed by atoms with E-state index in [9.17, 15) is 13.2 Å². The molecule has 1 heterocycles. The molecule has 0 bridgehead atoms. The van der Waals surface area contributed by atoms with E-state index < -0.39 is 15.3 Å². The van der Waals surface area contributed by atoms with E-state index >= 15 is 0 Å². The molecule has 0 unspecified atom stereocenters. The summed E-state index contributed by atoms with van der Waals surface area (Å²) in [6, 6.07) is 15.2. The number of nitrogens with zero attached hydrogens (tertiary/aromatic N) is 1. The Labute approximate surface area is 133 Å². The molecule has 1 aromatic heterocycles. The van der Waals surface area contributed by atoms with Crippen molar-refractivity contribution in [2.75, 3.05) is 0 Å². The highest BCUT2D eigenvalue weighted by molar-refractivity contribution is 7.90. The molecule has 0 aliphatic carbocycles. The van der Waals surface area contributed by atoms with E-state index in [1.165, 1.54) is 22.3 Å². The van der Waals surface area contributed by atoms with Crippen LogP contribution in [0.3, 0.4) is 0 Å². The molecule has 0 radical (unpaired) electrons. The van der Waals surface area contributed by atoms with Crippen molar-refractivity contribution in [1.29, 1.82) is 0 Å². The Morgan fingerprint density at radius 1 is 1.00 bits per heavy atom. The summed E-state index contributed by atoms with van der Waals surface area (Å²) < 4.78 is 26.8. The zero-order valence-electron chi connectivity index (χ0n) is 11.4. The highest BCUT2D eigenvalue weighted by Gasteiger charge is 2.21. The maximum atomic E-state index is 12.8. The largest absolute Gasteiger partial charge is 0.281 e. The van der Waals surface area contributed by atoms with Gasteiger partial charge in [-0.1, -0.05) is 36.4 Å². The molecule has 3 rings (SSSR count). The van der Waals surface area contributed by atoms with Gasteiger partial charge in [-0.2, -0.15) is 0 Å². The molecule has 2 aromatic carbocycles. The number of para-hydroxylation sites is 1. The van der Waals surface area contributed by atoms with Crippen molar-refractivity contribution >= 4 is 37.8 Å². The van der Waals surface area contributed by atoms with E-state index in [0.29, 0.717) is 16.5 Å². The minimum atomic E-state index is -3.72. The highest BCUT2D eigenvalue weighted by Crippen LogP contribution is 2.26. The summed E-state index contributed by atoms with van der Waals surface area (Å²) in [7, 11) is -3.72. The zero-order valence-corrected chi connectivity index (χ0v) is 13.0. The first-order valence-corrected chi connectivity index (χ1v) is 8.40. The lowest BCUT2D eigenvalue weighted by Crippen LogP contribution is -2.11. The van der Waals surface area contributed by atoms with Crippen LogP contribution >= 0.6 is 11.6 Å². The third kappa shape index (κ3) is 2.53. The maximum absolute atomic E-state index is 12.8. The van der Waals surface area contributed by atoms with Gasteiger partial charge >= 0.3 is 0 Å². The Morgan fingerprint density at radius 3 is 2.32 bits per heavy atom. The van der Waals surface area contributed by atoms with E-state index in [0.717, 1.165) is 0 Å². The number of fused-ring (bicyclic) bond motifs is 1. The molecule has 0 fully saturated rings. The van der Waals surface area contributed by atoms with Crippen LogP contribution in [-0.4, -0.2) is 17.6 Å². The van der Waals surface area contributed by atoms with Crippen LogP contribution in [0.25, 0.3) is 10.9 Å². The molecule has 0 saturated heterocycles. The van der Waals surface area contributed by atoms with Gasteiger partial charge in [0.15, 0.2) is 0 Å². The van der Waals surface area contributed by atoms with E-state index in [-0.39, 0.29) is 11.3 Å². The van der Waals surface area contributed by atoms with Crippen molar-refractivity contribution in [2.45, 2.75) is 11.3 Å². The average Bonchev–Trinajstić information content (AvgIpc) is 2.87. The average molecular weight is 334 g/mol. The molecule has 0 N–H and O–H groups in total. The van der Waals surface area contributed by atoms with E-state index in [1.807, 2.05) is 0 Å². The first kappa shape index (κ1) is 14.8. The smallest absolute Gasteiger partial charge is 0.268 e. The minimum Gasteiger partial charge on any atom is -0.281 e. The van der Waals surface area contributed by atoms with Gasteiger partial charge in [0, 0.05) is 18.0 Å². The van der Waals surface area contributed by atoms with Crippen LogP contribution in [0.1, 0.15) is 5.56 Å². The van der Waals surface area contributed by atoms with Gasteiger partial charge in [0.05, 0.1) is 10.4 Å². The van der Waals surface area contributed by atoms with Crippen LogP contribution in [0.2, 0.25) is 0 Å². The number of hydrogen-bond donors (Lipinski definition) is 0. The Kier molecular flexibility index (Phi) is 3.76. The van der Waals surface area contributed by atoms with Crippen LogP contribution in [0.4, 0.5) is 0 Å². The molecule has 6 heteroatoms. The molecule has 22 heavy (non-hydrogen) atoms. The maximum Gasteiger partial charge on any atom is 0.268 e. The molecular weight excluding hydrogens is 322 g/mol. The Bertz CT molecular complexity index is 946. The van der Waals surface area contributed by atoms with Gasteiger partial charge in [-0.05, 0) is 35.4 Å². The van der Waals surface area contributed by atoms with Gasteiger partial charge in [-0.25, -0.2) is 12.4 Å². The first-order valence-electron chi connectivity index (χ1n) is 6.58. The summed E-state index contributed by atoms with van der Waals surface area (Å²) in [4.78, 5) is 11.4. The number of aromatic nitrogens is 1. The van der Waals surface area contributed by atoms with Gasteiger partial charge in [0.2, 0.25) is 5.24 Å². The molecule has 3 aromatic rings. The number of halogens is 1. The van der Waals surface area contributed by atoms with Crippen molar-refractivity contribution in [1.82, 2.24) is 3.97 Å².